The van der Waals surface area contributed by atoms with Gasteiger partial charge in [0, 0.05) is 49.4 Å². The van der Waals surface area contributed by atoms with E-state index < -0.39 is 6.61 Å². The van der Waals surface area contributed by atoms with Crippen LogP contribution in [0.5, 0.6) is 5.75 Å². The van der Waals surface area contributed by atoms with Gasteiger partial charge in [-0.1, -0.05) is 11.6 Å². The zero-order valence-corrected chi connectivity index (χ0v) is 18.9. The van der Waals surface area contributed by atoms with E-state index in [0.29, 0.717) is 28.6 Å². The number of halogens is 4. The fourth-order valence-corrected chi connectivity index (χ4v) is 3.22. The van der Waals surface area contributed by atoms with Gasteiger partial charge in [-0.2, -0.15) is 8.78 Å². The lowest BCUT2D eigenvalue weighted by molar-refractivity contribution is -0.0504. The van der Waals surface area contributed by atoms with Crippen molar-refractivity contribution in [2.75, 3.05) is 20.1 Å². The van der Waals surface area contributed by atoms with Gasteiger partial charge in [-0.3, -0.25) is 4.99 Å². The average molecular weight is 517 g/mol. The molecule has 0 aliphatic carbocycles. The molecule has 2 N–H and O–H groups in total. The Balaban J connectivity index is 0.00000364. The molecule has 0 saturated carbocycles. The zero-order chi connectivity index (χ0) is 19.1. The van der Waals surface area contributed by atoms with Crippen LogP contribution in [-0.2, 0) is 6.54 Å². The van der Waals surface area contributed by atoms with E-state index in [1.807, 2.05) is 0 Å². The quantitative estimate of drug-likeness (QED) is 0.340. The van der Waals surface area contributed by atoms with E-state index >= 15 is 0 Å². The Morgan fingerprint density at radius 3 is 2.56 bits per heavy atom. The van der Waals surface area contributed by atoms with E-state index in [1.54, 1.807) is 13.1 Å². The van der Waals surface area contributed by atoms with Crippen molar-refractivity contribution in [1.29, 1.82) is 0 Å². The van der Waals surface area contributed by atoms with E-state index in [4.69, 9.17) is 11.6 Å². The van der Waals surface area contributed by atoms with Crippen LogP contribution in [0.3, 0.4) is 0 Å². The lowest BCUT2D eigenvalue weighted by atomic mass is 10.0. The van der Waals surface area contributed by atoms with Crippen molar-refractivity contribution < 1.29 is 13.5 Å². The molecule has 0 radical (unpaired) electrons. The number of likely N-dealkylation sites (tertiary alicyclic amines) is 1. The van der Waals surface area contributed by atoms with E-state index in [9.17, 15) is 8.78 Å². The molecule has 0 spiro atoms. The summed E-state index contributed by atoms with van der Waals surface area (Å²) in [7, 11) is 1.69. The molecule has 1 fully saturated rings. The summed E-state index contributed by atoms with van der Waals surface area (Å²) >= 11 is 5.98. The summed E-state index contributed by atoms with van der Waals surface area (Å²) in [5.41, 5.74) is 0.551. The predicted octanol–water partition coefficient (Wildman–Crippen LogP) is 4.10. The lowest BCUT2D eigenvalue weighted by Gasteiger charge is -2.35. The molecule has 9 heteroatoms. The first kappa shape index (κ1) is 24.2. The minimum absolute atomic E-state index is 0. The highest BCUT2D eigenvalue weighted by Crippen LogP contribution is 2.24. The SMILES string of the molecule is CN=C(NCc1cc(Cl)ccc1OC(F)F)NC1CCN(C(C)C)CC1.I. The molecule has 1 aliphatic heterocycles. The highest BCUT2D eigenvalue weighted by molar-refractivity contribution is 14.0. The van der Waals surface area contributed by atoms with Crippen LogP contribution in [-0.4, -0.2) is 49.7 Å². The van der Waals surface area contributed by atoms with Crippen LogP contribution < -0.4 is 15.4 Å². The number of guanidine groups is 1. The van der Waals surface area contributed by atoms with Gasteiger partial charge in [0.1, 0.15) is 5.75 Å². The Hall–Kier alpha value is -0.870. The summed E-state index contributed by atoms with van der Waals surface area (Å²) in [5, 5.41) is 7.02. The molecule has 5 nitrogen and oxygen atoms in total. The standard InChI is InChI=1S/C18H27ClF2N4O.HI/c1-12(2)25-8-6-15(7-9-25)24-18(22-3)23-11-13-10-14(19)4-5-16(13)26-17(20)21;/h4-5,10,12,15,17H,6-9,11H2,1-3H3,(H2,22,23,24);1H. The first-order valence-corrected chi connectivity index (χ1v) is 9.21. The van der Waals surface area contributed by atoms with Crippen molar-refractivity contribution in [1.82, 2.24) is 15.5 Å². The Labute approximate surface area is 181 Å². The second kappa shape index (κ2) is 11.9. The maximum absolute atomic E-state index is 12.5. The molecule has 1 aliphatic rings. The second-order valence-electron chi connectivity index (χ2n) is 6.60. The summed E-state index contributed by atoms with van der Waals surface area (Å²) < 4.78 is 29.6. The zero-order valence-electron chi connectivity index (χ0n) is 15.8. The number of piperidine rings is 1. The monoisotopic (exact) mass is 516 g/mol. The fraction of sp³-hybridized carbons (Fsp3) is 0.611. The maximum atomic E-state index is 12.5. The third-order valence-corrected chi connectivity index (χ3v) is 4.74. The summed E-state index contributed by atoms with van der Waals surface area (Å²) in [6.07, 6.45) is 2.07. The highest BCUT2D eigenvalue weighted by Gasteiger charge is 2.21. The third-order valence-electron chi connectivity index (χ3n) is 4.51. The minimum atomic E-state index is -2.88. The molecule has 1 heterocycles. The number of aliphatic imine (C=N–C) groups is 1. The van der Waals surface area contributed by atoms with Gasteiger partial charge in [-0.25, -0.2) is 0 Å². The summed E-state index contributed by atoms with van der Waals surface area (Å²) in [6.45, 7) is 3.92. The van der Waals surface area contributed by atoms with Crippen molar-refractivity contribution in [2.24, 2.45) is 4.99 Å². The van der Waals surface area contributed by atoms with Crippen molar-refractivity contribution in [3.8, 4) is 5.75 Å². The summed E-state index contributed by atoms with van der Waals surface area (Å²) in [5.74, 6) is 0.744. The molecule has 27 heavy (non-hydrogen) atoms. The number of nitrogens with one attached hydrogen (secondary N) is 2. The minimum Gasteiger partial charge on any atom is -0.434 e. The molecule has 0 unspecified atom stereocenters. The number of hydrogen-bond acceptors (Lipinski definition) is 3. The molecule has 2 rings (SSSR count). The van der Waals surface area contributed by atoms with Crippen molar-refractivity contribution in [2.45, 2.75) is 51.9 Å². The van der Waals surface area contributed by atoms with Gasteiger partial charge in [0.15, 0.2) is 5.96 Å². The highest BCUT2D eigenvalue weighted by atomic mass is 127. The maximum Gasteiger partial charge on any atom is 0.387 e. The number of alkyl halides is 2. The van der Waals surface area contributed by atoms with E-state index in [2.05, 4.69) is 39.1 Å². The Kier molecular flexibility index (Phi) is 10.6. The molecule has 1 aromatic carbocycles. The number of benzene rings is 1. The average Bonchev–Trinajstić information content (AvgIpc) is 2.60. The lowest BCUT2D eigenvalue weighted by Crippen LogP contribution is -2.49. The number of ether oxygens (including phenoxy) is 1. The van der Waals surface area contributed by atoms with E-state index in [-0.39, 0.29) is 36.3 Å². The largest absolute Gasteiger partial charge is 0.434 e. The molecular weight excluding hydrogens is 489 g/mol. The second-order valence-corrected chi connectivity index (χ2v) is 7.04. The molecule has 0 atom stereocenters. The van der Waals surface area contributed by atoms with Crippen LogP contribution >= 0.6 is 35.6 Å². The van der Waals surface area contributed by atoms with E-state index in [1.165, 1.54) is 12.1 Å². The van der Waals surface area contributed by atoms with Gasteiger partial charge >= 0.3 is 6.61 Å². The number of rotatable bonds is 6. The van der Waals surface area contributed by atoms with Gasteiger partial charge in [-0.15, -0.1) is 24.0 Å². The Bertz CT molecular complexity index is 611. The first-order valence-electron chi connectivity index (χ1n) is 8.83. The van der Waals surface area contributed by atoms with Gasteiger partial charge in [0.05, 0.1) is 0 Å². The van der Waals surface area contributed by atoms with Crippen molar-refractivity contribution in [3.05, 3.63) is 28.8 Å². The fourth-order valence-electron chi connectivity index (χ4n) is 3.02. The van der Waals surface area contributed by atoms with E-state index in [0.717, 1.165) is 25.9 Å². The smallest absolute Gasteiger partial charge is 0.387 e. The molecule has 0 bridgehead atoms. The van der Waals surface area contributed by atoms with Gasteiger partial charge in [0.25, 0.3) is 0 Å². The van der Waals surface area contributed by atoms with Crippen LogP contribution in [0.25, 0.3) is 0 Å². The summed E-state index contributed by atoms with van der Waals surface area (Å²) in [6, 6.07) is 5.49. The van der Waals surface area contributed by atoms with Gasteiger partial charge < -0.3 is 20.3 Å². The Morgan fingerprint density at radius 2 is 2.00 bits per heavy atom. The number of hydrogen-bond donors (Lipinski definition) is 2. The van der Waals surface area contributed by atoms with Crippen LogP contribution in [0.15, 0.2) is 23.2 Å². The first-order chi connectivity index (χ1) is 12.4. The van der Waals surface area contributed by atoms with Crippen LogP contribution in [0, 0.1) is 0 Å². The topological polar surface area (TPSA) is 48.9 Å². The summed E-state index contributed by atoms with van der Waals surface area (Å²) in [4.78, 5) is 6.68. The van der Waals surface area contributed by atoms with Crippen LogP contribution in [0.1, 0.15) is 32.3 Å². The molecule has 0 amide bonds. The predicted molar refractivity (Wildman–Crippen MR) is 117 cm³/mol. The normalized spacial score (nSPS) is 16.4. The third kappa shape index (κ3) is 7.95. The molecular formula is C18H28ClF2IN4O. The number of nitrogens with zero attached hydrogens (tertiary/aromatic N) is 2. The van der Waals surface area contributed by atoms with Gasteiger partial charge in [0.2, 0.25) is 0 Å². The van der Waals surface area contributed by atoms with Gasteiger partial charge in [-0.05, 0) is 44.9 Å². The Morgan fingerprint density at radius 1 is 1.33 bits per heavy atom. The van der Waals surface area contributed by atoms with Crippen molar-refractivity contribution >= 4 is 41.5 Å². The molecule has 154 valence electrons. The van der Waals surface area contributed by atoms with Crippen LogP contribution in [0.4, 0.5) is 8.78 Å². The molecule has 1 saturated heterocycles. The van der Waals surface area contributed by atoms with Crippen LogP contribution in [0.2, 0.25) is 5.02 Å². The van der Waals surface area contributed by atoms with Crippen molar-refractivity contribution in [3.63, 3.8) is 0 Å². The molecule has 1 aromatic rings. The molecule has 0 aromatic heterocycles.